The molecule has 0 unspecified atom stereocenters. The lowest BCUT2D eigenvalue weighted by atomic mass is 9.99. The van der Waals surface area contributed by atoms with Gasteiger partial charge in [-0.1, -0.05) is 30.3 Å². The van der Waals surface area contributed by atoms with Crippen molar-refractivity contribution in [2.45, 2.75) is 13.8 Å². The fraction of sp³-hybridized carbons (Fsp3) is 0.0833. The molecule has 2 nitrogen and oxygen atoms in total. The third-order valence-corrected chi connectivity index (χ3v) is 6.17. The van der Waals surface area contributed by atoms with Crippen LogP contribution < -0.4 is 0 Å². The van der Waals surface area contributed by atoms with Gasteiger partial charge in [0.05, 0.1) is 5.69 Å². The van der Waals surface area contributed by atoms with Gasteiger partial charge in [0.15, 0.2) is 0 Å². The Labute approximate surface area is 166 Å². The molecule has 0 atom stereocenters. The standard InChI is InChI=1S/C24H17FN2S/c1-14-13-26-21(12-19(14)16-6-4-3-5-7-16)17-10-11-20(25)22-18-9-8-15(2)27-24(18)28-23(17)22/h3-13H,1-2H3. The van der Waals surface area contributed by atoms with Gasteiger partial charge in [-0.05, 0) is 60.9 Å². The molecule has 0 bridgehead atoms. The summed E-state index contributed by atoms with van der Waals surface area (Å²) in [5, 5.41) is 1.49. The number of pyridine rings is 2. The highest BCUT2D eigenvalue weighted by atomic mass is 32.1. The first-order chi connectivity index (χ1) is 13.6. The van der Waals surface area contributed by atoms with E-state index < -0.39 is 0 Å². The molecule has 0 radical (unpaired) electrons. The molecule has 3 aromatic heterocycles. The lowest BCUT2D eigenvalue weighted by Crippen LogP contribution is -1.90. The van der Waals surface area contributed by atoms with E-state index in [1.807, 2.05) is 49.5 Å². The second kappa shape index (κ2) is 6.50. The summed E-state index contributed by atoms with van der Waals surface area (Å²) in [6.45, 7) is 4.01. The van der Waals surface area contributed by atoms with Gasteiger partial charge in [0.2, 0.25) is 0 Å². The average molecular weight is 384 g/mol. The Morgan fingerprint density at radius 1 is 0.893 bits per heavy atom. The molecular formula is C24H17FN2S. The molecule has 0 saturated carbocycles. The van der Waals surface area contributed by atoms with Crippen LogP contribution in [0.5, 0.6) is 0 Å². The molecule has 2 aromatic carbocycles. The van der Waals surface area contributed by atoms with E-state index in [1.54, 1.807) is 0 Å². The van der Waals surface area contributed by atoms with Gasteiger partial charge in [-0.15, -0.1) is 11.3 Å². The zero-order valence-corrected chi connectivity index (χ0v) is 16.3. The van der Waals surface area contributed by atoms with E-state index in [0.29, 0.717) is 5.39 Å². The minimum Gasteiger partial charge on any atom is -0.256 e. The van der Waals surface area contributed by atoms with Gasteiger partial charge in [-0.2, -0.15) is 0 Å². The van der Waals surface area contributed by atoms with Crippen molar-refractivity contribution >= 4 is 31.6 Å². The van der Waals surface area contributed by atoms with Crippen LogP contribution in [0.15, 0.2) is 66.9 Å². The fourth-order valence-electron chi connectivity index (χ4n) is 3.61. The number of thiophene rings is 1. The van der Waals surface area contributed by atoms with Crippen LogP contribution in [-0.2, 0) is 0 Å². The molecule has 0 aliphatic heterocycles. The summed E-state index contributed by atoms with van der Waals surface area (Å²) in [6, 6.07) is 19.6. The average Bonchev–Trinajstić information content (AvgIpc) is 3.09. The summed E-state index contributed by atoms with van der Waals surface area (Å²) >= 11 is 1.53. The predicted octanol–water partition coefficient (Wildman–Crippen LogP) is 6.93. The van der Waals surface area contributed by atoms with E-state index >= 15 is 0 Å². The largest absolute Gasteiger partial charge is 0.256 e. The number of halogens is 1. The molecular weight excluding hydrogens is 367 g/mol. The summed E-state index contributed by atoms with van der Waals surface area (Å²) in [6.07, 6.45) is 1.89. The molecule has 0 fully saturated rings. The summed E-state index contributed by atoms with van der Waals surface area (Å²) in [4.78, 5) is 10.1. The Hall–Kier alpha value is -3.11. The lowest BCUT2D eigenvalue weighted by Gasteiger charge is -2.10. The smallest absolute Gasteiger partial charge is 0.132 e. The molecule has 0 aliphatic rings. The Morgan fingerprint density at radius 3 is 2.54 bits per heavy atom. The maximum atomic E-state index is 14.7. The first kappa shape index (κ1) is 17.0. The minimum absolute atomic E-state index is 0.217. The molecule has 136 valence electrons. The van der Waals surface area contributed by atoms with Crippen LogP contribution in [0.4, 0.5) is 4.39 Å². The zero-order valence-electron chi connectivity index (χ0n) is 15.5. The first-order valence-corrected chi connectivity index (χ1v) is 9.94. The molecule has 0 spiro atoms. The number of nitrogens with zero attached hydrogens (tertiary/aromatic N) is 2. The molecule has 5 rings (SSSR count). The lowest BCUT2D eigenvalue weighted by molar-refractivity contribution is 0.641. The van der Waals surface area contributed by atoms with E-state index in [-0.39, 0.29) is 5.82 Å². The molecule has 0 amide bonds. The topological polar surface area (TPSA) is 25.8 Å². The van der Waals surface area contributed by atoms with E-state index in [1.165, 1.54) is 17.4 Å². The van der Waals surface area contributed by atoms with Crippen molar-refractivity contribution in [1.82, 2.24) is 9.97 Å². The maximum Gasteiger partial charge on any atom is 0.132 e. The maximum absolute atomic E-state index is 14.7. The monoisotopic (exact) mass is 384 g/mol. The van der Waals surface area contributed by atoms with Crippen LogP contribution in [0.1, 0.15) is 11.3 Å². The highest BCUT2D eigenvalue weighted by Crippen LogP contribution is 2.41. The third-order valence-electron chi connectivity index (χ3n) is 5.04. The molecule has 4 heteroatoms. The molecule has 0 N–H and O–H groups in total. The highest BCUT2D eigenvalue weighted by molar-refractivity contribution is 7.26. The van der Waals surface area contributed by atoms with E-state index in [9.17, 15) is 4.39 Å². The van der Waals surface area contributed by atoms with Crippen molar-refractivity contribution in [2.24, 2.45) is 0 Å². The Bertz CT molecular complexity index is 1340. The molecule has 5 aromatic rings. The number of fused-ring (bicyclic) bond motifs is 3. The van der Waals surface area contributed by atoms with Crippen molar-refractivity contribution in [3.8, 4) is 22.4 Å². The first-order valence-electron chi connectivity index (χ1n) is 9.12. The number of rotatable bonds is 2. The second-order valence-electron chi connectivity index (χ2n) is 6.96. The second-order valence-corrected chi connectivity index (χ2v) is 7.96. The van der Waals surface area contributed by atoms with Crippen LogP contribution in [0, 0.1) is 19.7 Å². The molecule has 28 heavy (non-hydrogen) atoms. The number of aryl methyl sites for hydroxylation is 2. The van der Waals surface area contributed by atoms with Crippen LogP contribution in [0.3, 0.4) is 0 Å². The summed E-state index contributed by atoms with van der Waals surface area (Å²) in [7, 11) is 0. The number of benzene rings is 2. The minimum atomic E-state index is -0.217. The number of hydrogen-bond donors (Lipinski definition) is 0. The number of hydrogen-bond acceptors (Lipinski definition) is 3. The predicted molar refractivity (Wildman–Crippen MR) is 115 cm³/mol. The summed E-state index contributed by atoms with van der Waals surface area (Å²) < 4.78 is 15.6. The quantitative estimate of drug-likeness (QED) is 0.330. The van der Waals surface area contributed by atoms with Gasteiger partial charge in [-0.25, -0.2) is 9.37 Å². The van der Waals surface area contributed by atoms with E-state index in [0.717, 1.165) is 48.6 Å². The van der Waals surface area contributed by atoms with Crippen molar-refractivity contribution < 1.29 is 4.39 Å². The van der Waals surface area contributed by atoms with Crippen molar-refractivity contribution in [3.05, 3.63) is 83.9 Å². The Morgan fingerprint density at radius 2 is 1.71 bits per heavy atom. The van der Waals surface area contributed by atoms with Gasteiger partial charge in [0.1, 0.15) is 10.6 Å². The summed E-state index contributed by atoms with van der Waals surface area (Å²) in [5.74, 6) is -0.217. The normalized spacial score (nSPS) is 11.4. The van der Waals surface area contributed by atoms with Crippen molar-refractivity contribution in [3.63, 3.8) is 0 Å². The van der Waals surface area contributed by atoms with Crippen LogP contribution >= 0.6 is 11.3 Å². The summed E-state index contributed by atoms with van der Waals surface area (Å²) in [5.41, 5.74) is 6.11. The van der Waals surface area contributed by atoms with E-state index in [4.69, 9.17) is 0 Å². The third kappa shape index (κ3) is 2.69. The van der Waals surface area contributed by atoms with Gasteiger partial charge >= 0.3 is 0 Å². The fourth-order valence-corrected chi connectivity index (χ4v) is 4.87. The molecule has 0 aliphatic carbocycles. The van der Waals surface area contributed by atoms with Crippen LogP contribution in [0.25, 0.3) is 42.7 Å². The Kier molecular flexibility index (Phi) is 3.95. The number of aromatic nitrogens is 2. The van der Waals surface area contributed by atoms with Crippen molar-refractivity contribution in [1.29, 1.82) is 0 Å². The van der Waals surface area contributed by atoms with Gasteiger partial charge < -0.3 is 0 Å². The SMILES string of the molecule is Cc1ccc2c(n1)sc1c(-c3cc(-c4ccccc4)c(C)cn3)ccc(F)c12. The molecule has 0 saturated heterocycles. The zero-order chi connectivity index (χ0) is 19.3. The highest BCUT2D eigenvalue weighted by Gasteiger charge is 2.17. The van der Waals surface area contributed by atoms with Crippen LogP contribution in [0.2, 0.25) is 0 Å². The Balaban J connectivity index is 1.78. The van der Waals surface area contributed by atoms with Crippen LogP contribution in [-0.4, -0.2) is 9.97 Å². The van der Waals surface area contributed by atoms with Crippen molar-refractivity contribution in [2.75, 3.05) is 0 Å². The van der Waals surface area contributed by atoms with Gasteiger partial charge in [-0.3, -0.25) is 4.98 Å². The molecule has 3 heterocycles. The van der Waals surface area contributed by atoms with Gasteiger partial charge in [0, 0.05) is 32.9 Å². The van der Waals surface area contributed by atoms with Gasteiger partial charge in [0.25, 0.3) is 0 Å². The van der Waals surface area contributed by atoms with E-state index in [2.05, 4.69) is 35.1 Å².